The summed E-state index contributed by atoms with van der Waals surface area (Å²) in [5.41, 5.74) is 3.90. The summed E-state index contributed by atoms with van der Waals surface area (Å²) < 4.78 is 31.1. The average Bonchev–Trinajstić information content (AvgIpc) is 2.65. The fourth-order valence-corrected chi connectivity index (χ4v) is 3.63. The number of anilines is 1. The summed E-state index contributed by atoms with van der Waals surface area (Å²) in [6.45, 7) is 8.49. The van der Waals surface area contributed by atoms with Gasteiger partial charge in [-0.1, -0.05) is 32.0 Å². The van der Waals surface area contributed by atoms with Gasteiger partial charge in [-0.2, -0.15) is 0 Å². The lowest BCUT2D eigenvalue weighted by Crippen LogP contribution is -2.41. The maximum Gasteiger partial charge on any atom is 0.240 e. The molecule has 0 radical (unpaired) electrons. The predicted octanol–water partition coefficient (Wildman–Crippen LogP) is 3.39. The molecule has 0 unspecified atom stereocenters. The lowest BCUT2D eigenvalue weighted by atomic mass is 10.0. The Labute approximate surface area is 173 Å². The zero-order valence-corrected chi connectivity index (χ0v) is 18.5. The van der Waals surface area contributed by atoms with Crippen LogP contribution in [0.3, 0.4) is 0 Å². The largest absolute Gasteiger partial charge is 0.492 e. The van der Waals surface area contributed by atoms with Crippen LogP contribution in [0.5, 0.6) is 5.75 Å². The molecule has 0 bridgehead atoms. The molecule has 0 aliphatic carbocycles. The summed E-state index contributed by atoms with van der Waals surface area (Å²) in [4.78, 5) is 12.3. The zero-order valence-electron chi connectivity index (χ0n) is 17.7. The normalized spacial score (nSPS) is 11.4. The van der Waals surface area contributed by atoms with E-state index in [1.165, 1.54) is 5.56 Å². The van der Waals surface area contributed by atoms with E-state index in [4.69, 9.17) is 4.74 Å². The molecule has 0 saturated heterocycles. The quantitative estimate of drug-likeness (QED) is 0.634. The summed E-state index contributed by atoms with van der Waals surface area (Å²) in [6.07, 6.45) is 1.10. The van der Waals surface area contributed by atoms with Gasteiger partial charge in [0.1, 0.15) is 18.9 Å². The zero-order chi connectivity index (χ0) is 21.6. The molecule has 0 atom stereocenters. The minimum atomic E-state index is -3.59. The highest BCUT2D eigenvalue weighted by molar-refractivity contribution is 7.92. The monoisotopic (exact) mass is 418 g/mol. The molecular formula is C22H30N2O4S. The van der Waals surface area contributed by atoms with E-state index >= 15 is 0 Å². The fourth-order valence-electron chi connectivity index (χ4n) is 2.77. The van der Waals surface area contributed by atoms with Gasteiger partial charge in [0.25, 0.3) is 0 Å². The third-order valence-corrected chi connectivity index (χ3v) is 5.85. The van der Waals surface area contributed by atoms with Gasteiger partial charge in [0.15, 0.2) is 0 Å². The van der Waals surface area contributed by atoms with Crippen LogP contribution < -0.4 is 14.4 Å². The smallest absolute Gasteiger partial charge is 0.240 e. The molecule has 6 nitrogen and oxygen atoms in total. The second kappa shape index (κ2) is 9.78. The van der Waals surface area contributed by atoms with Gasteiger partial charge in [-0.3, -0.25) is 9.10 Å². The first kappa shape index (κ1) is 22.7. The summed E-state index contributed by atoms with van der Waals surface area (Å²) in [7, 11) is -3.59. The Balaban J connectivity index is 1.92. The van der Waals surface area contributed by atoms with Crippen LogP contribution in [0.1, 0.15) is 36.5 Å². The number of nitrogens with zero attached hydrogens (tertiary/aromatic N) is 1. The van der Waals surface area contributed by atoms with Crippen molar-refractivity contribution in [3.05, 3.63) is 59.2 Å². The molecule has 2 aromatic rings. The van der Waals surface area contributed by atoms with Gasteiger partial charge in [-0.15, -0.1) is 0 Å². The first-order valence-corrected chi connectivity index (χ1v) is 11.5. The number of sulfonamides is 1. The first-order valence-electron chi connectivity index (χ1n) is 9.62. The Hall–Kier alpha value is -2.54. The molecule has 0 spiro atoms. The number of aryl methyl sites for hydroxylation is 2. The Kier molecular flexibility index (Phi) is 7.67. The molecule has 2 rings (SSSR count). The van der Waals surface area contributed by atoms with Crippen molar-refractivity contribution < 1.29 is 17.9 Å². The molecule has 0 saturated carbocycles. The van der Waals surface area contributed by atoms with Crippen LogP contribution in [0.2, 0.25) is 0 Å². The molecular weight excluding hydrogens is 388 g/mol. The second-order valence-electron chi connectivity index (χ2n) is 7.46. The van der Waals surface area contributed by atoms with Crippen molar-refractivity contribution in [1.82, 2.24) is 5.32 Å². The second-order valence-corrected chi connectivity index (χ2v) is 9.37. The lowest BCUT2D eigenvalue weighted by molar-refractivity contribution is -0.119. The van der Waals surface area contributed by atoms with E-state index in [0.717, 1.165) is 27.4 Å². The fraction of sp³-hybridized carbons (Fsp3) is 0.409. The summed E-state index contributed by atoms with van der Waals surface area (Å²) in [5.74, 6) is 0.703. The number of nitrogens with one attached hydrogen (secondary N) is 1. The van der Waals surface area contributed by atoms with E-state index in [1.807, 2.05) is 44.2 Å². The molecule has 7 heteroatoms. The van der Waals surface area contributed by atoms with Crippen LogP contribution in [0, 0.1) is 13.8 Å². The van der Waals surface area contributed by atoms with Crippen molar-refractivity contribution in [1.29, 1.82) is 0 Å². The van der Waals surface area contributed by atoms with Crippen molar-refractivity contribution in [2.75, 3.05) is 30.3 Å². The van der Waals surface area contributed by atoms with Gasteiger partial charge in [0.2, 0.25) is 15.9 Å². The molecule has 158 valence electrons. The minimum Gasteiger partial charge on any atom is -0.492 e. The van der Waals surface area contributed by atoms with E-state index in [0.29, 0.717) is 18.2 Å². The summed E-state index contributed by atoms with van der Waals surface area (Å²) in [5, 5.41) is 2.71. The van der Waals surface area contributed by atoms with Gasteiger partial charge in [0, 0.05) is 0 Å². The highest BCUT2D eigenvalue weighted by Crippen LogP contribution is 2.22. The van der Waals surface area contributed by atoms with Gasteiger partial charge in [0.05, 0.1) is 18.5 Å². The Morgan fingerprint density at radius 2 is 1.72 bits per heavy atom. The van der Waals surface area contributed by atoms with Gasteiger partial charge in [-0.25, -0.2) is 8.42 Å². The van der Waals surface area contributed by atoms with Crippen molar-refractivity contribution in [3.8, 4) is 5.75 Å². The molecule has 29 heavy (non-hydrogen) atoms. The van der Waals surface area contributed by atoms with Crippen LogP contribution in [0.25, 0.3) is 0 Å². The van der Waals surface area contributed by atoms with E-state index in [-0.39, 0.29) is 19.0 Å². The van der Waals surface area contributed by atoms with Gasteiger partial charge >= 0.3 is 0 Å². The van der Waals surface area contributed by atoms with Gasteiger partial charge < -0.3 is 10.1 Å². The number of amides is 1. The predicted molar refractivity (Wildman–Crippen MR) is 117 cm³/mol. The Bertz CT molecular complexity index is 938. The number of hydrogen-bond acceptors (Lipinski definition) is 4. The SMILES string of the molecule is Cc1ccc(OCCNC(=O)CN(c2ccc(C(C)C)cc2)S(C)(=O)=O)cc1C. The summed E-state index contributed by atoms with van der Waals surface area (Å²) >= 11 is 0. The molecule has 0 aromatic heterocycles. The highest BCUT2D eigenvalue weighted by Gasteiger charge is 2.20. The molecule has 0 aliphatic rings. The average molecular weight is 419 g/mol. The highest BCUT2D eigenvalue weighted by atomic mass is 32.2. The molecule has 0 aliphatic heterocycles. The Morgan fingerprint density at radius 3 is 2.28 bits per heavy atom. The molecule has 0 fully saturated rings. The van der Waals surface area contributed by atoms with Gasteiger partial charge in [-0.05, 0) is 60.7 Å². The van der Waals surface area contributed by atoms with Crippen LogP contribution in [-0.2, 0) is 14.8 Å². The van der Waals surface area contributed by atoms with E-state index in [9.17, 15) is 13.2 Å². The molecule has 0 heterocycles. The number of rotatable bonds is 9. The number of carbonyl (C=O) groups excluding carboxylic acids is 1. The minimum absolute atomic E-state index is 0.274. The van der Waals surface area contributed by atoms with Crippen LogP contribution in [-0.4, -0.2) is 40.3 Å². The lowest BCUT2D eigenvalue weighted by Gasteiger charge is -2.22. The molecule has 1 amide bonds. The topological polar surface area (TPSA) is 75.7 Å². The standard InChI is InChI=1S/C22H30N2O4S/c1-16(2)19-7-9-20(10-8-19)24(29(5,26)27)15-22(25)23-12-13-28-21-11-6-17(3)18(4)14-21/h6-11,14,16H,12-13,15H2,1-5H3,(H,23,25). The van der Waals surface area contributed by atoms with Crippen LogP contribution >= 0.6 is 0 Å². The maximum atomic E-state index is 12.3. The van der Waals surface area contributed by atoms with E-state index < -0.39 is 10.0 Å². The van der Waals surface area contributed by atoms with Crippen LogP contribution in [0.15, 0.2) is 42.5 Å². The summed E-state index contributed by atoms with van der Waals surface area (Å²) in [6, 6.07) is 13.0. The third-order valence-electron chi connectivity index (χ3n) is 4.71. The van der Waals surface area contributed by atoms with Crippen molar-refractivity contribution in [3.63, 3.8) is 0 Å². The van der Waals surface area contributed by atoms with Crippen molar-refractivity contribution in [2.24, 2.45) is 0 Å². The van der Waals surface area contributed by atoms with Crippen molar-refractivity contribution in [2.45, 2.75) is 33.6 Å². The molecule has 1 N–H and O–H groups in total. The molecule has 2 aromatic carbocycles. The third kappa shape index (κ3) is 6.78. The first-order chi connectivity index (χ1) is 13.6. The maximum absolute atomic E-state index is 12.3. The van der Waals surface area contributed by atoms with Crippen LogP contribution in [0.4, 0.5) is 5.69 Å². The number of benzene rings is 2. The number of ether oxygens (including phenoxy) is 1. The van der Waals surface area contributed by atoms with E-state index in [2.05, 4.69) is 19.2 Å². The Morgan fingerprint density at radius 1 is 1.07 bits per heavy atom. The number of hydrogen-bond donors (Lipinski definition) is 1. The number of carbonyl (C=O) groups is 1. The van der Waals surface area contributed by atoms with Crippen molar-refractivity contribution >= 4 is 21.6 Å². The van der Waals surface area contributed by atoms with E-state index in [1.54, 1.807) is 12.1 Å².